The number of ether oxygens (including phenoxy) is 1. The molecule has 4 rings (SSSR count). The second-order valence-electron chi connectivity index (χ2n) is 8.00. The lowest BCUT2D eigenvalue weighted by Gasteiger charge is -2.09. The van der Waals surface area contributed by atoms with E-state index in [1.165, 1.54) is 6.33 Å². The largest absolute Gasteiger partial charge is 0.489 e. The summed E-state index contributed by atoms with van der Waals surface area (Å²) in [5.74, 6) is 1.26. The van der Waals surface area contributed by atoms with Crippen molar-refractivity contribution in [2.75, 3.05) is 32.5 Å². The number of hydrogen-bond donors (Lipinski definition) is 3. The van der Waals surface area contributed by atoms with Crippen LogP contribution in [0.2, 0.25) is 0 Å². The van der Waals surface area contributed by atoms with Gasteiger partial charge in [-0.2, -0.15) is 0 Å². The number of nitrogens with one attached hydrogen (secondary N) is 3. The van der Waals surface area contributed by atoms with Gasteiger partial charge in [-0.1, -0.05) is 30.3 Å². The van der Waals surface area contributed by atoms with Gasteiger partial charge in [0.2, 0.25) is 0 Å². The van der Waals surface area contributed by atoms with E-state index in [0.29, 0.717) is 30.3 Å². The first-order chi connectivity index (χ1) is 16.1. The molecule has 4 aromatic rings. The van der Waals surface area contributed by atoms with Gasteiger partial charge in [0.05, 0.1) is 5.39 Å². The summed E-state index contributed by atoms with van der Waals surface area (Å²) in [6.45, 7) is 2.05. The summed E-state index contributed by atoms with van der Waals surface area (Å²) >= 11 is 0. The molecule has 1 amide bonds. The molecule has 0 fully saturated rings. The van der Waals surface area contributed by atoms with Gasteiger partial charge >= 0.3 is 0 Å². The van der Waals surface area contributed by atoms with E-state index in [0.717, 1.165) is 35.4 Å². The zero-order chi connectivity index (χ0) is 23.0. The number of rotatable bonds is 10. The van der Waals surface area contributed by atoms with E-state index in [4.69, 9.17) is 4.74 Å². The first-order valence-corrected chi connectivity index (χ1v) is 10.9. The molecule has 0 spiro atoms. The Labute approximate surface area is 193 Å². The van der Waals surface area contributed by atoms with Crippen LogP contribution in [0.15, 0.2) is 67.0 Å². The third-order valence-corrected chi connectivity index (χ3v) is 5.10. The van der Waals surface area contributed by atoms with Gasteiger partial charge in [0, 0.05) is 12.2 Å². The van der Waals surface area contributed by atoms with Crippen molar-refractivity contribution in [2.24, 2.45) is 0 Å². The molecule has 0 atom stereocenters. The molecule has 0 bridgehead atoms. The summed E-state index contributed by atoms with van der Waals surface area (Å²) in [6.07, 6.45) is 2.36. The number of aromatic nitrogens is 3. The standard InChI is InChI=1S/C25H28N6O2/c1-31(2)14-6-13-26-25(32)22-15-21-23(27-17-28-24(21)30-22)29-19-9-11-20(12-10-19)33-16-18-7-4-3-5-8-18/h3-5,7-12,15,17H,6,13-14,16H2,1-2H3,(H,26,32)(H2,27,28,29,30). The molecular formula is C25H28N6O2. The molecule has 2 aromatic carbocycles. The number of anilines is 2. The molecule has 2 aromatic heterocycles. The molecule has 0 saturated carbocycles. The van der Waals surface area contributed by atoms with Crippen LogP contribution in [0.4, 0.5) is 11.5 Å². The van der Waals surface area contributed by atoms with Crippen molar-refractivity contribution in [1.29, 1.82) is 0 Å². The van der Waals surface area contributed by atoms with Crippen molar-refractivity contribution < 1.29 is 9.53 Å². The third-order valence-electron chi connectivity index (χ3n) is 5.10. The summed E-state index contributed by atoms with van der Waals surface area (Å²) < 4.78 is 5.84. The highest BCUT2D eigenvalue weighted by molar-refractivity contribution is 6.00. The van der Waals surface area contributed by atoms with Gasteiger partial charge in [-0.05, 0) is 63.0 Å². The van der Waals surface area contributed by atoms with Crippen LogP contribution in [0.1, 0.15) is 22.5 Å². The van der Waals surface area contributed by atoms with Crippen LogP contribution >= 0.6 is 0 Å². The number of benzene rings is 2. The Morgan fingerprint density at radius 3 is 2.61 bits per heavy atom. The minimum Gasteiger partial charge on any atom is -0.489 e. The van der Waals surface area contributed by atoms with Crippen molar-refractivity contribution in [3.8, 4) is 5.75 Å². The van der Waals surface area contributed by atoms with Crippen LogP contribution in [-0.2, 0) is 6.61 Å². The van der Waals surface area contributed by atoms with Crippen molar-refractivity contribution in [3.63, 3.8) is 0 Å². The van der Waals surface area contributed by atoms with Crippen molar-refractivity contribution in [3.05, 3.63) is 78.2 Å². The van der Waals surface area contributed by atoms with Crippen LogP contribution in [0, 0.1) is 0 Å². The molecule has 0 saturated heterocycles. The highest BCUT2D eigenvalue weighted by Crippen LogP contribution is 2.25. The van der Waals surface area contributed by atoms with Gasteiger partial charge in [0.1, 0.15) is 35.8 Å². The Bertz CT molecular complexity index is 1190. The van der Waals surface area contributed by atoms with Crippen molar-refractivity contribution in [1.82, 2.24) is 25.2 Å². The molecular weight excluding hydrogens is 416 g/mol. The lowest BCUT2D eigenvalue weighted by atomic mass is 10.2. The third kappa shape index (κ3) is 6.08. The summed E-state index contributed by atoms with van der Waals surface area (Å²) in [7, 11) is 4.02. The Morgan fingerprint density at radius 1 is 1.06 bits per heavy atom. The zero-order valence-electron chi connectivity index (χ0n) is 18.8. The molecule has 0 unspecified atom stereocenters. The van der Waals surface area contributed by atoms with E-state index in [1.807, 2.05) is 68.7 Å². The van der Waals surface area contributed by atoms with Crippen LogP contribution in [0.25, 0.3) is 11.0 Å². The molecule has 0 radical (unpaired) electrons. The van der Waals surface area contributed by atoms with E-state index < -0.39 is 0 Å². The van der Waals surface area contributed by atoms with Crippen LogP contribution in [0.5, 0.6) is 5.75 Å². The Kier molecular flexibility index (Phi) is 7.16. The van der Waals surface area contributed by atoms with Gasteiger partial charge in [0.15, 0.2) is 0 Å². The topological polar surface area (TPSA) is 95.2 Å². The molecule has 3 N–H and O–H groups in total. The maximum Gasteiger partial charge on any atom is 0.267 e. The monoisotopic (exact) mass is 444 g/mol. The van der Waals surface area contributed by atoms with Gasteiger partial charge in [-0.3, -0.25) is 4.79 Å². The van der Waals surface area contributed by atoms with E-state index in [1.54, 1.807) is 6.07 Å². The van der Waals surface area contributed by atoms with Gasteiger partial charge in [-0.15, -0.1) is 0 Å². The van der Waals surface area contributed by atoms with Crippen LogP contribution in [0.3, 0.4) is 0 Å². The highest BCUT2D eigenvalue weighted by atomic mass is 16.5. The van der Waals surface area contributed by atoms with Gasteiger partial charge in [0.25, 0.3) is 5.91 Å². The van der Waals surface area contributed by atoms with E-state index in [2.05, 4.69) is 30.5 Å². The molecule has 33 heavy (non-hydrogen) atoms. The fourth-order valence-electron chi connectivity index (χ4n) is 3.37. The highest BCUT2D eigenvalue weighted by Gasteiger charge is 2.13. The minimum atomic E-state index is -0.155. The molecule has 8 nitrogen and oxygen atoms in total. The summed E-state index contributed by atoms with van der Waals surface area (Å²) in [6, 6.07) is 19.5. The quantitative estimate of drug-likeness (QED) is 0.321. The Hall–Kier alpha value is -3.91. The summed E-state index contributed by atoms with van der Waals surface area (Å²) in [4.78, 5) is 26.3. The number of hydrogen-bond acceptors (Lipinski definition) is 6. The van der Waals surface area contributed by atoms with Crippen LogP contribution in [-0.4, -0.2) is 52.9 Å². The second kappa shape index (κ2) is 10.6. The smallest absolute Gasteiger partial charge is 0.267 e. The molecule has 0 aliphatic rings. The number of amides is 1. The number of aromatic amines is 1. The number of carbonyl (C=O) groups excluding carboxylic acids is 1. The first kappa shape index (κ1) is 22.3. The van der Waals surface area contributed by atoms with E-state index in [-0.39, 0.29) is 5.91 Å². The van der Waals surface area contributed by atoms with Crippen LogP contribution < -0.4 is 15.4 Å². The molecule has 2 heterocycles. The van der Waals surface area contributed by atoms with Crippen molar-refractivity contribution in [2.45, 2.75) is 13.0 Å². The average molecular weight is 445 g/mol. The molecule has 0 aliphatic carbocycles. The summed E-state index contributed by atoms with van der Waals surface area (Å²) in [5.41, 5.74) is 3.04. The van der Waals surface area contributed by atoms with E-state index in [9.17, 15) is 4.79 Å². The number of fused-ring (bicyclic) bond motifs is 1. The second-order valence-corrected chi connectivity index (χ2v) is 8.00. The molecule has 8 heteroatoms. The lowest BCUT2D eigenvalue weighted by Crippen LogP contribution is -2.27. The normalized spacial score (nSPS) is 11.0. The maximum absolute atomic E-state index is 12.5. The first-order valence-electron chi connectivity index (χ1n) is 10.9. The predicted molar refractivity (Wildman–Crippen MR) is 130 cm³/mol. The Balaban J connectivity index is 1.39. The van der Waals surface area contributed by atoms with Gasteiger partial charge < -0.3 is 25.3 Å². The number of nitrogens with zero attached hydrogens (tertiary/aromatic N) is 3. The lowest BCUT2D eigenvalue weighted by molar-refractivity contribution is 0.0948. The SMILES string of the molecule is CN(C)CCCNC(=O)c1cc2c(Nc3ccc(OCc4ccccc4)cc3)ncnc2[nH]1. The molecule has 0 aliphatic heterocycles. The summed E-state index contributed by atoms with van der Waals surface area (Å²) in [5, 5.41) is 6.99. The zero-order valence-corrected chi connectivity index (χ0v) is 18.8. The van der Waals surface area contributed by atoms with E-state index >= 15 is 0 Å². The minimum absolute atomic E-state index is 0.155. The number of H-pyrrole nitrogens is 1. The predicted octanol–water partition coefficient (Wildman–Crippen LogP) is 3.96. The average Bonchev–Trinajstić information content (AvgIpc) is 3.27. The number of carbonyl (C=O) groups is 1. The Morgan fingerprint density at radius 2 is 1.85 bits per heavy atom. The van der Waals surface area contributed by atoms with Crippen molar-refractivity contribution >= 4 is 28.4 Å². The molecule has 170 valence electrons. The maximum atomic E-state index is 12.5. The fraction of sp³-hybridized carbons (Fsp3) is 0.240. The van der Waals surface area contributed by atoms with Gasteiger partial charge in [-0.25, -0.2) is 9.97 Å². The fourth-order valence-corrected chi connectivity index (χ4v) is 3.37.